The first-order valence-corrected chi connectivity index (χ1v) is 44.6. The van der Waals surface area contributed by atoms with Gasteiger partial charge in [0, 0.05) is 80.5 Å². The van der Waals surface area contributed by atoms with E-state index < -0.39 is 51.1 Å². The van der Waals surface area contributed by atoms with Crippen molar-refractivity contribution >= 4 is 158 Å². The molecule has 6 aromatic heterocycles. The van der Waals surface area contributed by atoms with E-state index in [-0.39, 0.29) is 85.8 Å². The van der Waals surface area contributed by atoms with Crippen LogP contribution in [0.2, 0.25) is 0 Å². The van der Waals surface area contributed by atoms with E-state index in [9.17, 15) is 67.2 Å². The summed E-state index contributed by atoms with van der Waals surface area (Å²) in [6, 6.07) is 68.0. The second kappa shape index (κ2) is 41.9. The van der Waals surface area contributed by atoms with Gasteiger partial charge in [-0.15, -0.1) is 0 Å². The number of aromatic carboxylic acids is 2. The van der Waals surface area contributed by atoms with E-state index in [1.54, 1.807) is 120 Å². The molecular formula is C87H79ClN16O19S4. The molecule has 3 fully saturated rings. The average molecular weight is 1820 g/mol. The zero-order valence-corrected chi connectivity index (χ0v) is 71.4. The van der Waals surface area contributed by atoms with Crippen LogP contribution in [0.5, 0.6) is 5.75 Å². The Kier molecular flexibility index (Phi) is 30.6. The topological polar surface area (TPSA) is 491 Å². The minimum absolute atomic E-state index is 0.0177. The third-order valence-corrected chi connectivity index (χ3v) is 23.5. The number of nitrogens with zero attached hydrogens (tertiary/aromatic N) is 10. The first kappa shape index (κ1) is 92.7. The van der Waals surface area contributed by atoms with Gasteiger partial charge in [0.15, 0.2) is 0 Å². The molecule has 0 saturated carbocycles. The fourth-order valence-electron chi connectivity index (χ4n) is 11.5. The first-order chi connectivity index (χ1) is 60.6. The number of fused-ring (bicyclic) bond motifs is 4. The lowest BCUT2D eigenvalue weighted by molar-refractivity contribution is -0.120. The number of amides is 4. The molecule has 17 rings (SSSR count). The van der Waals surface area contributed by atoms with Gasteiger partial charge in [0.05, 0.1) is 110 Å². The summed E-state index contributed by atoms with van der Waals surface area (Å²) < 4.78 is 115. The van der Waals surface area contributed by atoms with Crippen LogP contribution in [-0.4, -0.2) is 181 Å². The van der Waals surface area contributed by atoms with E-state index in [0.717, 1.165) is 44.9 Å². The zero-order valence-electron chi connectivity index (χ0n) is 67.4. The highest BCUT2D eigenvalue weighted by molar-refractivity contribution is 8.13. The highest BCUT2D eigenvalue weighted by Gasteiger charge is 2.34. The summed E-state index contributed by atoms with van der Waals surface area (Å²) >= 11 is 0. The molecule has 35 nitrogen and oxygen atoms in total. The highest BCUT2D eigenvalue weighted by atomic mass is 35.7. The number of hydrogen-bond donors (Lipinski definition) is 8. The number of carboxylic acids is 2. The quantitative estimate of drug-likeness (QED) is 0.0238. The van der Waals surface area contributed by atoms with Crippen LogP contribution in [0, 0.1) is 0 Å². The van der Waals surface area contributed by atoms with Gasteiger partial charge in [0.1, 0.15) is 22.7 Å². The van der Waals surface area contributed by atoms with Crippen molar-refractivity contribution in [3.63, 3.8) is 0 Å². The van der Waals surface area contributed by atoms with Crippen LogP contribution in [0.1, 0.15) is 72.8 Å². The largest absolute Gasteiger partial charge is 0.478 e. The van der Waals surface area contributed by atoms with Crippen molar-refractivity contribution in [1.82, 2.24) is 60.1 Å². The van der Waals surface area contributed by atoms with Crippen molar-refractivity contribution in [2.75, 3.05) is 59.9 Å². The van der Waals surface area contributed by atoms with Crippen molar-refractivity contribution in [3.05, 3.63) is 320 Å². The van der Waals surface area contributed by atoms with Gasteiger partial charge >= 0.3 is 18.0 Å². The van der Waals surface area contributed by atoms with Crippen LogP contribution in [0.3, 0.4) is 0 Å². The molecule has 4 amide bonds. The summed E-state index contributed by atoms with van der Waals surface area (Å²) in [6.45, 7) is 8.37. The SMILES string of the molecule is CC(C)(C)OC(=O)N1CNC1.Nc1cccc2cccnc12.O=C(O)c1ccc(S(=O)(=O)Cl)cc1.O=C(O)c1ccccn1.O=C(c1ccc(S(=O)(=O)Nc2cccc3cccnc23)cc1)N1CN(C(=O)c2ccccn2)C1.O=C(c1ccc(S(=O)(=O)Nc2cccc3cccnc23)cc1)N1CNC1.O=COc1ccc(S(=O)(=O)Nc2cccc3cccnc23)cc1. The maximum atomic E-state index is 12.9. The van der Waals surface area contributed by atoms with Gasteiger partial charge in [-0.05, 0) is 191 Å². The second-order valence-electron chi connectivity index (χ2n) is 28.1. The van der Waals surface area contributed by atoms with Crippen molar-refractivity contribution < 1.29 is 86.9 Å². The third-order valence-electron chi connectivity index (χ3n) is 18.0. The number of carbonyl (C=O) groups is 7. The van der Waals surface area contributed by atoms with Crippen LogP contribution in [0.25, 0.3) is 43.6 Å². The summed E-state index contributed by atoms with van der Waals surface area (Å²) in [5.74, 6) is -2.50. The van der Waals surface area contributed by atoms with Crippen LogP contribution >= 0.6 is 10.7 Å². The standard InChI is InChI=1S/C24H19N5O4S.C18H16N4O3S.C16H12N2O4S.C9H8N2.C7H5ClO4S.C7H14N2O2.C6H5NO2/c30-23(28-15-29(16-28)24(31)21-7-1-2-13-25-21)18-9-11-19(12-10-18)34(32,33)27-20-8-3-5-17-6-4-14-26-22(17)20;23-18(22-11-19-12-22)14-6-8-15(9-7-14)26(24,25)21-16-5-1-3-13-4-2-10-20-17(13)16;19-11-22-13-6-8-14(9-7-13)23(20,21)18-15-5-1-3-12-4-2-10-17-16(12)15;10-8-5-1-3-7-4-2-6-11-9(7)8;8-13(11,12)6-3-1-5(2-4-6)7(9)10;1-7(2,3)11-6(10)9-4-8-5-9;8-6(9)5-3-1-2-4-7-5/h1-14,27H,15-16H2;1-10,19,21H,11-12H2;1-11,18H;1-6H,10H2;1-4H,(H,9,10);8H,4-5H2,1-3H3;1-4H,(H,8,9). The Morgan fingerprint density at radius 2 is 0.740 bits per heavy atom. The molecule has 3 saturated heterocycles. The Hall–Kier alpha value is -15.0. The third kappa shape index (κ3) is 25.4. The maximum absolute atomic E-state index is 12.9. The van der Waals surface area contributed by atoms with Crippen molar-refractivity contribution in [1.29, 1.82) is 0 Å². The molecule has 0 spiro atoms. The molecule has 127 heavy (non-hydrogen) atoms. The predicted molar refractivity (Wildman–Crippen MR) is 474 cm³/mol. The van der Waals surface area contributed by atoms with Gasteiger partial charge in [-0.25, -0.2) is 53.0 Å². The molecule has 40 heteroatoms. The number of carboxylic acid groups (broad SMARTS) is 2. The molecule has 14 aromatic rings. The Bertz CT molecular complexity index is 6770. The van der Waals surface area contributed by atoms with Gasteiger partial charge in [-0.3, -0.25) is 73.8 Å². The molecule has 8 aromatic carbocycles. The van der Waals surface area contributed by atoms with E-state index in [1.165, 1.54) is 113 Å². The number of anilines is 4. The molecule has 9 N–H and O–H groups in total. The van der Waals surface area contributed by atoms with E-state index >= 15 is 0 Å². The number of ether oxygens (including phenoxy) is 2. The maximum Gasteiger partial charge on any atom is 0.412 e. The molecule has 0 radical (unpaired) electrons. The molecular weight excluding hydrogens is 1740 g/mol. The minimum atomic E-state index is -3.88. The smallest absolute Gasteiger partial charge is 0.412 e. The fourth-order valence-corrected chi connectivity index (χ4v) is 15.5. The van der Waals surface area contributed by atoms with Gasteiger partial charge in [-0.2, -0.15) is 0 Å². The number of rotatable bonds is 17. The number of pyridine rings is 6. The number of carbonyl (C=O) groups excluding carboxylic acids is 5. The number of halogens is 1. The summed E-state index contributed by atoms with van der Waals surface area (Å²) in [5, 5.41) is 26.3. The molecule has 3 aliphatic heterocycles. The molecule has 0 aliphatic carbocycles. The summed E-state index contributed by atoms with van der Waals surface area (Å²) in [6.07, 6.45) is 9.31. The van der Waals surface area contributed by atoms with Crippen molar-refractivity contribution in [2.24, 2.45) is 0 Å². The number of benzene rings is 8. The normalized spacial score (nSPS) is 12.7. The number of nitrogen functional groups attached to an aromatic ring is 1. The average Bonchev–Trinajstić information content (AvgIpc) is 0.793. The van der Waals surface area contributed by atoms with Gasteiger partial charge in [0.2, 0.25) is 0 Å². The van der Waals surface area contributed by atoms with Crippen molar-refractivity contribution in [3.8, 4) is 5.75 Å². The Labute approximate surface area is 732 Å². The van der Waals surface area contributed by atoms with E-state index in [0.29, 0.717) is 77.1 Å². The number of sulfonamides is 3. The molecule has 652 valence electrons. The molecule has 0 bridgehead atoms. The second-order valence-corrected chi connectivity index (χ2v) is 35.7. The number of para-hydroxylation sites is 4. The van der Waals surface area contributed by atoms with Crippen LogP contribution in [0.15, 0.2) is 312 Å². The van der Waals surface area contributed by atoms with Gasteiger partial charge < -0.3 is 40.1 Å². The van der Waals surface area contributed by atoms with Crippen LogP contribution in [0.4, 0.5) is 27.5 Å². The van der Waals surface area contributed by atoms with Gasteiger partial charge in [0.25, 0.3) is 63.3 Å². The minimum Gasteiger partial charge on any atom is -0.478 e. The number of hydrogen-bond acceptors (Lipinski definition) is 26. The summed E-state index contributed by atoms with van der Waals surface area (Å²) in [7, 11) is -10.2. The first-order valence-electron chi connectivity index (χ1n) is 37.9. The molecule has 0 atom stereocenters. The lowest BCUT2D eigenvalue weighted by Crippen LogP contribution is -2.59. The number of aromatic nitrogens is 6. The summed E-state index contributed by atoms with van der Waals surface area (Å²) in [5.41, 5.74) is 11.0. The Morgan fingerprint density at radius 3 is 1.09 bits per heavy atom. The van der Waals surface area contributed by atoms with Crippen molar-refractivity contribution in [2.45, 2.75) is 46.0 Å². The zero-order chi connectivity index (χ0) is 91.1. The van der Waals surface area contributed by atoms with E-state index in [4.69, 9.17) is 31.4 Å². The fraction of sp³-hybridized carbons (Fsp3) is 0.115. The molecule has 3 aliphatic rings. The van der Waals surface area contributed by atoms with Crippen LogP contribution in [-0.2, 0) is 48.7 Å². The van der Waals surface area contributed by atoms with E-state index in [2.05, 4.69) is 59.4 Å². The number of nitrogens with one attached hydrogen (secondary N) is 5. The monoisotopic (exact) mass is 1810 g/mol. The highest BCUT2D eigenvalue weighted by Crippen LogP contribution is 2.30. The van der Waals surface area contributed by atoms with Gasteiger partial charge in [-0.1, -0.05) is 84.9 Å². The molecule has 9 heterocycles. The van der Waals surface area contributed by atoms with Crippen LogP contribution < -0.4 is 35.3 Å². The Balaban J connectivity index is 0.000000151. The number of nitrogens with two attached hydrogens (primary N) is 1. The molecule has 0 unspecified atom stereocenters. The summed E-state index contributed by atoms with van der Waals surface area (Å²) in [4.78, 5) is 110. The predicted octanol–water partition coefficient (Wildman–Crippen LogP) is 12.2. The lowest BCUT2D eigenvalue weighted by atomic mass is 10.2. The Morgan fingerprint density at radius 1 is 0.394 bits per heavy atom. The lowest BCUT2D eigenvalue weighted by Gasteiger charge is -2.42. The van der Waals surface area contributed by atoms with E-state index in [1.807, 2.05) is 87.5 Å².